The van der Waals surface area contributed by atoms with Gasteiger partial charge in [0.1, 0.15) is 0 Å². The highest BCUT2D eigenvalue weighted by molar-refractivity contribution is 5.89. The third kappa shape index (κ3) is 4.53. The molecular weight excluding hydrogens is 296 g/mol. The zero-order chi connectivity index (χ0) is 16.7. The highest BCUT2D eigenvalue weighted by Gasteiger charge is 2.08. The number of nitrogens with one attached hydrogen (secondary N) is 3. The fourth-order valence-electron chi connectivity index (χ4n) is 1.84. The molecule has 0 radical (unpaired) electrons. The topological polar surface area (TPSA) is 101 Å². The van der Waals surface area contributed by atoms with Crippen LogP contribution in [-0.2, 0) is 4.74 Å². The molecule has 0 saturated carbocycles. The summed E-state index contributed by atoms with van der Waals surface area (Å²) >= 11 is 0. The van der Waals surface area contributed by atoms with Gasteiger partial charge < -0.3 is 20.7 Å². The monoisotopic (exact) mass is 316 g/mol. The minimum Gasteiger partial charge on any atom is -0.465 e. The van der Waals surface area contributed by atoms with Gasteiger partial charge in [0.15, 0.2) is 0 Å². The molecule has 8 nitrogen and oxygen atoms in total. The molecular formula is C15H20N6O2. The molecule has 2 rings (SSSR count). The van der Waals surface area contributed by atoms with Gasteiger partial charge in [-0.1, -0.05) is 0 Å². The predicted octanol–water partition coefficient (Wildman–Crippen LogP) is 2.27. The van der Waals surface area contributed by atoms with Crippen molar-refractivity contribution in [3.05, 3.63) is 29.8 Å². The largest absolute Gasteiger partial charge is 0.465 e. The number of anilines is 4. The Balaban J connectivity index is 2.19. The first kappa shape index (κ1) is 16.5. The van der Waals surface area contributed by atoms with Crippen molar-refractivity contribution in [1.29, 1.82) is 0 Å². The first-order chi connectivity index (χ1) is 11.2. The number of hydrogen-bond donors (Lipinski definition) is 3. The lowest BCUT2D eigenvalue weighted by Gasteiger charge is -2.10. The van der Waals surface area contributed by atoms with E-state index >= 15 is 0 Å². The lowest BCUT2D eigenvalue weighted by molar-refractivity contribution is 0.0601. The van der Waals surface area contributed by atoms with E-state index in [0.717, 1.165) is 5.69 Å². The molecule has 3 N–H and O–H groups in total. The van der Waals surface area contributed by atoms with E-state index in [1.807, 2.05) is 13.8 Å². The maximum atomic E-state index is 11.4. The average Bonchev–Trinajstić information content (AvgIpc) is 2.55. The molecule has 2 aromatic rings. The zero-order valence-corrected chi connectivity index (χ0v) is 13.4. The number of nitrogens with zero attached hydrogens (tertiary/aromatic N) is 3. The Bertz CT molecular complexity index is 635. The number of ether oxygens (including phenoxy) is 1. The van der Waals surface area contributed by atoms with Crippen LogP contribution < -0.4 is 16.0 Å². The molecule has 0 saturated heterocycles. The predicted molar refractivity (Wildman–Crippen MR) is 89.2 cm³/mol. The van der Waals surface area contributed by atoms with E-state index in [0.29, 0.717) is 36.5 Å². The summed E-state index contributed by atoms with van der Waals surface area (Å²) in [5, 5.41) is 9.21. The molecule has 1 heterocycles. The Morgan fingerprint density at radius 1 is 0.957 bits per heavy atom. The number of hydrogen-bond acceptors (Lipinski definition) is 8. The Morgan fingerprint density at radius 2 is 1.48 bits per heavy atom. The van der Waals surface area contributed by atoms with Crippen molar-refractivity contribution < 1.29 is 9.53 Å². The van der Waals surface area contributed by atoms with Crippen LogP contribution in [0.15, 0.2) is 24.3 Å². The van der Waals surface area contributed by atoms with E-state index < -0.39 is 0 Å². The van der Waals surface area contributed by atoms with Crippen LogP contribution in [0, 0.1) is 0 Å². The lowest BCUT2D eigenvalue weighted by Crippen LogP contribution is -2.10. The molecule has 0 spiro atoms. The Kier molecular flexibility index (Phi) is 5.67. The van der Waals surface area contributed by atoms with E-state index in [1.165, 1.54) is 7.11 Å². The second kappa shape index (κ2) is 7.92. The van der Waals surface area contributed by atoms with Crippen molar-refractivity contribution in [2.45, 2.75) is 13.8 Å². The van der Waals surface area contributed by atoms with E-state index in [4.69, 9.17) is 0 Å². The van der Waals surface area contributed by atoms with Crippen LogP contribution >= 0.6 is 0 Å². The summed E-state index contributed by atoms with van der Waals surface area (Å²) in [4.78, 5) is 24.3. The second-order valence-electron chi connectivity index (χ2n) is 4.56. The lowest BCUT2D eigenvalue weighted by atomic mass is 10.2. The van der Waals surface area contributed by atoms with E-state index in [9.17, 15) is 4.79 Å². The normalized spacial score (nSPS) is 10.0. The standard InChI is InChI=1S/C15H20N6O2/c1-4-16-13-19-14(17-5-2)21-15(20-13)18-11-8-6-10(7-9-11)12(22)23-3/h6-9H,4-5H2,1-3H3,(H3,16,17,18,19,20,21). The molecule has 0 bridgehead atoms. The molecule has 1 aromatic carbocycles. The molecule has 1 aromatic heterocycles. The van der Waals surface area contributed by atoms with Crippen molar-refractivity contribution in [2.24, 2.45) is 0 Å². The van der Waals surface area contributed by atoms with Crippen molar-refractivity contribution in [2.75, 3.05) is 36.1 Å². The molecule has 122 valence electrons. The van der Waals surface area contributed by atoms with Crippen molar-refractivity contribution in [3.8, 4) is 0 Å². The number of carbonyl (C=O) groups excluding carboxylic acids is 1. The van der Waals surface area contributed by atoms with Crippen LogP contribution in [0.5, 0.6) is 0 Å². The Labute approximate surface area is 134 Å². The SMILES string of the molecule is CCNc1nc(NCC)nc(Nc2ccc(C(=O)OC)cc2)n1. The number of esters is 1. The molecule has 0 fully saturated rings. The highest BCUT2D eigenvalue weighted by atomic mass is 16.5. The van der Waals surface area contributed by atoms with Crippen LogP contribution in [0.3, 0.4) is 0 Å². The summed E-state index contributed by atoms with van der Waals surface area (Å²) in [7, 11) is 1.35. The summed E-state index contributed by atoms with van der Waals surface area (Å²) in [5.41, 5.74) is 1.24. The average molecular weight is 316 g/mol. The Morgan fingerprint density at radius 3 is 1.96 bits per heavy atom. The smallest absolute Gasteiger partial charge is 0.337 e. The summed E-state index contributed by atoms with van der Waals surface area (Å²) < 4.78 is 4.67. The highest BCUT2D eigenvalue weighted by Crippen LogP contribution is 2.17. The number of methoxy groups -OCH3 is 1. The summed E-state index contributed by atoms with van der Waals surface area (Å²) in [6.45, 7) is 5.36. The van der Waals surface area contributed by atoms with Crippen LogP contribution in [0.2, 0.25) is 0 Å². The molecule has 0 unspecified atom stereocenters. The molecule has 8 heteroatoms. The van der Waals surface area contributed by atoms with Gasteiger partial charge in [-0.2, -0.15) is 15.0 Å². The van der Waals surface area contributed by atoms with Gasteiger partial charge in [-0.3, -0.25) is 0 Å². The van der Waals surface area contributed by atoms with Crippen molar-refractivity contribution in [1.82, 2.24) is 15.0 Å². The number of aromatic nitrogens is 3. The van der Waals surface area contributed by atoms with Crippen LogP contribution in [0.4, 0.5) is 23.5 Å². The van der Waals surface area contributed by atoms with Crippen LogP contribution in [-0.4, -0.2) is 41.1 Å². The van der Waals surface area contributed by atoms with Gasteiger partial charge >= 0.3 is 5.97 Å². The summed E-state index contributed by atoms with van der Waals surface area (Å²) in [5.74, 6) is 1.03. The molecule has 0 aliphatic rings. The number of benzene rings is 1. The van der Waals surface area contributed by atoms with Gasteiger partial charge in [0, 0.05) is 18.8 Å². The fourth-order valence-corrected chi connectivity index (χ4v) is 1.84. The molecule has 0 aliphatic carbocycles. The van der Waals surface area contributed by atoms with E-state index in [2.05, 4.69) is 35.6 Å². The minimum atomic E-state index is -0.374. The molecule has 0 amide bonds. The van der Waals surface area contributed by atoms with E-state index in [-0.39, 0.29) is 5.97 Å². The first-order valence-corrected chi connectivity index (χ1v) is 7.35. The quantitative estimate of drug-likeness (QED) is 0.669. The first-order valence-electron chi connectivity index (χ1n) is 7.35. The van der Waals surface area contributed by atoms with Gasteiger partial charge in [0.25, 0.3) is 0 Å². The zero-order valence-electron chi connectivity index (χ0n) is 13.4. The molecule has 0 aliphatic heterocycles. The minimum absolute atomic E-state index is 0.374. The molecule has 0 atom stereocenters. The van der Waals surface area contributed by atoms with Crippen molar-refractivity contribution >= 4 is 29.5 Å². The maximum absolute atomic E-state index is 11.4. The maximum Gasteiger partial charge on any atom is 0.337 e. The van der Waals surface area contributed by atoms with E-state index in [1.54, 1.807) is 24.3 Å². The van der Waals surface area contributed by atoms with Gasteiger partial charge in [-0.15, -0.1) is 0 Å². The summed E-state index contributed by atoms with van der Waals surface area (Å²) in [6, 6.07) is 6.86. The second-order valence-corrected chi connectivity index (χ2v) is 4.56. The third-order valence-corrected chi connectivity index (χ3v) is 2.87. The summed E-state index contributed by atoms with van der Waals surface area (Å²) in [6.07, 6.45) is 0. The van der Waals surface area contributed by atoms with Gasteiger partial charge in [0.2, 0.25) is 17.8 Å². The number of rotatable bonds is 7. The molecule has 23 heavy (non-hydrogen) atoms. The van der Waals surface area contributed by atoms with Gasteiger partial charge in [-0.25, -0.2) is 4.79 Å². The van der Waals surface area contributed by atoms with Gasteiger partial charge in [0.05, 0.1) is 12.7 Å². The van der Waals surface area contributed by atoms with Crippen molar-refractivity contribution in [3.63, 3.8) is 0 Å². The Hall–Kier alpha value is -2.90. The van der Waals surface area contributed by atoms with Gasteiger partial charge in [-0.05, 0) is 38.1 Å². The third-order valence-electron chi connectivity index (χ3n) is 2.87. The number of carbonyl (C=O) groups is 1. The fraction of sp³-hybridized carbons (Fsp3) is 0.333. The van der Waals surface area contributed by atoms with Crippen LogP contribution in [0.1, 0.15) is 24.2 Å². The van der Waals surface area contributed by atoms with Crippen LogP contribution in [0.25, 0.3) is 0 Å².